The summed E-state index contributed by atoms with van der Waals surface area (Å²) in [5.74, 6) is 0. The first-order valence-corrected chi connectivity index (χ1v) is 17.1. The van der Waals surface area contributed by atoms with Gasteiger partial charge < -0.3 is 20.6 Å². The summed E-state index contributed by atoms with van der Waals surface area (Å²) in [6, 6.07) is 25.8. The van der Waals surface area contributed by atoms with E-state index in [0.717, 1.165) is 22.3 Å². The van der Waals surface area contributed by atoms with E-state index in [4.69, 9.17) is 11.5 Å². The maximum Gasteiger partial charge on any atom is 1.00 e. The summed E-state index contributed by atoms with van der Waals surface area (Å²) in [5.41, 5.74) is 18.5. The topological polar surface area (TPSA) is 216 Å². The van der Waals surface area contributed by atoms with Gasteiger partial charge in [0.1, 0.15) is 31.6 Å². The molecule has 0 radical (unpaired) electrons. The summed E-state index contributed by atoms with van der Waals surface area (Å²) in [7, 11) is -9.22. The Morgan fingerprint density at radius 3 is 1.22 bits per heavy atom. The van der Waals surface area contributed by atoms with E-state index in [-0.39, 0.29) is 68.9 Å². The van der Waals surface area contributed by atoms with Crippen molar-refractivity contribution >= 4 is 75.9 Å². The fraction of sp³-hybridized carbons (Fsp3) is 0.0588. The molecule has 0 aliphatic heterocycles. The maximum absolute atomic E-state index is 11.5. The minimum absolute atomic E-state index is 0. The van der Waals surface area contributed by atoms with E-state index in [1.54, 1.807) is 24.3 Å². The molecule has 0 amide bonds. The second-order valence-corrected chi connectivity index (χ2v) is 13.8. The van der Waals surface area contributed by atoms with Gasteiger partial charge in [-0.05, 0) is 108 Å². The largest absolute Gasteiger partial charge is 1.00 e. The van der Waals surface area contributed by atoms with Crippen molar-refractivity contribution < 1.29 is 85.1 Å². The van der Waals surface area contributed by atoms with Gasteiger partial charge in [-0.3, -0.25) is 0 Å². The molecule has 6 rings (SSSR count). The van der Waals surface area contributed by atoms with E-state index in [1.165, 1.54) is 36.4 Å². The molecular formula is C34H26N6Na2O6S2. The third-order valence-corrected chi connectivity index (χ3v) is 9.47. The van der Waals surface area contributed by atoms with Crippen LogP contribution in [-0.4, -0.2) is 25.9 Å². The molecule has 0 aromatic heterocycles. The van der Waals surface area contributed by atoms with Gasteiger partial charge in [0.15, 0.2) is 0 Å². The van der Waals surface area contributed by atoms with Crippen LogP contribution in [0.3, 0.4) is 0 Å². The average molecular weight is 725 g/mol. The molecule has 0 aliphatic rings. The zero-order valence-electron chi connectivity index (χ0n) is 27.4. The van der Waals surface area contributed by atoms with Crippen molar-refractivity contribution in [1.29, 1.82) is 0 Å². The molecular weight excluding hydrogens is 699 g/mol. The number of aryl methyl sites for hydroxylation is 2. The first kappa shape index (κ1) is 39.2. The first-order valence-electron chi connectivity index (χ1n) is 14.3. The summed E-state index contributed by atoms with van der Waals surface area (Å²) >= 11 is 0. The van der Waals surface area contributed by atoms with E-state index in [0.29, 0.717) is 55.7 Å². The molecule has 0 bridgehead atoms. The summed E-state index contributed by atoms with van der Waals surface area (Å²) in [5, 5.41) is 19.7. The zero-order valence-corrected chi connectivity index (χ0v) is 33.1. The number of hydrogen-bond acceptors (Lipinski definition) is 12. The van der Waals surface area contributed by atoms with Crippen molar-refractivity contribution in [2.45, 2.75) is 23.6 Å². The molecule has 0 unspecified atom stereocenters. The number of nitrogens with two attached hydrogens (primary N) is 2. The number of azo groups is 2. The van der Waals surface area contributed by atoms with Crippen LogP contribution in [0, 0.1) is 13.8 Å². The summed E-state index contributed by atoms with van der Waals surface area (Å²) < 4.78 is 68.7. The zero-order chi connectivity index (χ0) is 34.4. The number of benzene rings is 6. The summed E-state index contributed by atoms with van der Waals surface area (Å²) in [4.78, 5) is -0.681. The number of fused-ring (bicyclic) bond motifs is 2. The number of nitrogen functional groups attached to an aromatic ring is 2. The predicted molar refractivity (Wildman–Crippen MR) is 182 cm³/mol. The van der Waals surface area contributed by atoms with Crippen molar-refractivity contribution in [2.24, 2.45) is 20.5 Å². The van der Waals surface area contributed by atoms with Crippen LogP contribution >= 0.6 is 0 Å². The summed E-state index contributed by atoms with van der Waals surface area (Å²) in [6.45, 7) is 3.80. The second kappa shape index (κ2) is 15.4. The molecule has 0 aliphatic carbocycles. The van der Waals surface area contributed by atoms with Gasteiger partial charge in [-0.2, -0.15) is 10.2 Å². The Balaban J connectivity index is 0.00000281. The Bertz CT molecular complexity index is 2400. The van der Waals surface area contributed by atoms with E-state index in [9.17, 15) is 25.9 Å². The fourth-order valence-corrected chi connectivity index (χ4v) is 6.27. The van der Waals surface area contributed by atoms with Crippen LogP contribution in [0.1, 0.15) is 11.1 Å². The molecule has 0 fully saturated rings. The Hall–Kier alpha value is -3.54. The molecule has 16 heteroatoms. The third-order valence-electron chi connectivity index (χ3n) is 7.81. The van der Waals surface area contributed by atoms with Crippen LogP contribution in [0.5, 0.6) is 0 Å². The average Bonchev–Trinajstić information content (AvgIpc) is 3.03. The molecule has 4 N–H and O–H groups in total. The minimum Gasteiger partial charge on any atom is -0.744 e. The smallest absolute Gasteiger partial charge is 0.744 e. The fourth-order valence-electron chi connectivity index (χ4n) is 5.25. The maximum atomic E-state index is 11.5. The molecule has 0 spiro atoms. The van der Waals surface area contributed by atoms with Crippen molar-refractivity contribution in [3.05, 3.63) is 108 Å². The molecule has 0 atom stereocenters. The van der Waals surface area contributed by atoms with E-state index in [2.05, 4.69) is 20.5 Å². The van der Waals surface area contributed by atoms with Crippen LogP contribution in [0.4, 0.5) is 34.1 Å². The molecule has 242 valence electrons. The molecule has 50 heavy (non-hydrogen) atoms. The SMILES string of the molecule is Cc1cc(-c2ccc(N=Nc3c(N)ccc4cc(S(=O)(=O)[O-])ccc34)c(C)c2)ccc1N=Nc1c(N)ccc2cc(S(=O)(=O)[O-])ccc12.[Na+].[Na+]. The number of rotatable bonds is 7. The van der Waals surface area contributed by atoms with Gasteiger partial charge in [0, 0.05) is 10.8 Å². The van der Waals surface area contributed by atoms with Crippen molar-refractivity contribution in [2.75, 3.05) is 11.5 Å². The molecule has 6 aromatic rings. The second-order valence-electron chi connectivity index (χ2n) is 11.1. The quantitative estimate of drug-likeness (QED) is 0.107. The normalized spacial score (nSPS) is 12.0. The van der Waals surface area contributed by atoms with Crippen molar-refractivity contribution in [1.82, 2.24) is 0 Å². The van der Waals surface area contributed by atoms with Crippen LogP contribution < -0.4 is 70.6 Å². The number of hydrogen-bond donors (Lipinski definition) is 2. The van der Waals surface area contributed by atoms with Crippen LogP contribution in [0.2, 0.25) is 0 Å². The number of nitrogens with zero attached hydrogens (tertiary/aromatic N) is 4. The van der Waals surface area contributed by atoms with Gasteiger partial charge >= 0.3 is 59.1 Å². The molecule has 0 saturated carbocycles. The minimum atomic E-state index is -4.61. The van der Waals surface area contributed by atoms with Gasteiger partial charge in [-0.25, -0.2) is 16.8 Å². The predicted octanol–water partition coefficient (Wildman–Crippen LogP) is 2.09. The monoisotopic (exact) mass is 724 g/mol. The Kier molecular flexibility index (Phi) is 12.1. The summed E-state index contributed by atoms with van der Waals surface area (Å²) in [6.07, 6.45) is 0. The molecule has 12 nitrogen and oxygen atoms in total. The van der Waals surface area contributed by atoms with Gasteiger partial charge in [0.25, 0.3) is 0 Å². The molecule has 0 saturated heterocycles. The van der Waals surface area contributed by atoms with Gasteiger partial charge in [-0.15, -0.1) is 10.2 Å². The van der Waals surface area contributed by atoms with Crippen LogP contribution in [0.25, 0.3) is 32.7 Å². The van der Waals surface area contributed by atoms with Crippen molar-refractivity contribution in [3.8, 4) is 11.1 Å². The van der Waals surface area contributed by atoms with Gasteiger partial charge in [0.2, 0.25) is 0 Å². The molecule has 6 aromatic carbocycles. The van der Waals surface area contributed by atoms with Gasteiger partial charge in [0.05, 0.1) is 32.5 Å². The van der Waals surface area contributed by atoms with E-state index in [1.807, 2.05) is 50.2 Å². The standard InChI is InChI=1S/C34H28N6O6S2.2Na/c1-19-15-21(5-13-31(19)37-39-33-27-9-7-25(47(41,42)43)17-23(27)3-11-29(33)35)22-6-14-32(20(2)16-22)38-40-34-28-10-8-26(48(44,45)46)18-24(28)4-12-30(34)36;;/h3-18H,35-36H2,1-2H3,(H,41,42,43)(H,44,45,46);;/q;2*+1/p-2. The first-order chi connectivity index (χ1) is 22.7. The van der Waals surface area contributed by atoms with Crippen LogP contribution in [0.15, 0.2) is 127 Å². The third kappa shape index (κ3) is 8.32. The Labute approximate surface area is 332 Å². The number of anilines is 2. The van der Waals surface area contributed by atoms with E-state index < -0.39 is 20.2 Å². The van der Waals surface area contributed by atoms with Crippen LogP contribution in [-0.2, 0) is 20.2 Å². The Morgan fingerprint density at radius 2 is 0.880 bits per heavy atom. The molecule has 0 heterocycles. The van der Waals surface area contributed by atoms with E-state index >= 15 is 0 Å². The Morgan fingerprint density at radius 1 is 0.500 bits per heavy atom. The van der Waals surface area contributed by atoms with Crippen molar-refractivity contribution in [3.63, 3.8) is 0 Å². The van der Waals surface area contributed by atoms with Gasteiger partial charge in [-0.1, -0.05) is 36.4 Å².